The van der Waals surface area contributed by atoms with Gasteiger partial charge in [-0.1, -0.05) is 0 Å². The molecule has 0 fully saturated rings. The Morgan fingerprint density at radius 1 is 1.39 bits per heavy atom. The Morgan fingerprint density at radius 3 is 2.72 bits per heavy atom. The number of hydrogen-bond donors (Lipinski definition) is 1. The maximum absolute atomic E-state index is 12.1. The van der Waals surface area contributed by atoms with Gasteiger partial charge in [-0.25, -0.2) is 0 Å². The van der Waals surface area contributed by atoms with Crippen LogP contribution in [0.4, 0.5) is 20.2 Å². The van der Waals surface area contributed by atoms with Gasteiger partial charge in [-0.05, 0) is 30.2 Å². The van der Waals surface area contributed by atoms with Gasteiger partial charge in [0, 0.05) is 24.8 Å². The standard InChI is InChI=1S/C12H12F2N2O2/c1-7(17)16-5-4-8-6-9(2-3-10(8)16)15-12(18)11(13)14/h2-3,6,11H,4-5H2,1H3,(H,15,18). The largest absolute Gasteiger partial charge is 0.321 e. The molecule has 0 radical (unpaired) electrons. The summed E-state index contributed by atoms with van der Waals surface area (Å²) in [7, 11) is 0. The first-order valence-corrected chi connectivity index (χ1v) is 5.49. The molecule has 1 aromatic carbocycles. The minimum Gasteiger partial charge on any atom is -0.321 e. The molecule has 4 nitrogen and oxygen atoms in total. The Bertz CT molecular complexity index is 503. The number of fused-ring (bicyclic) bond motifs is 1. The highest BCUT2D eigenvalue weighted by molar-refractivity contribution is 5.96. The quantitative estimate of drug-likeness (QED) is 0.874. The molecule has 0 saturated carbocycles. The molecule has 1 aliphatic heterocycles. The third-order valence-corrected chi connectivity index (χ3v) is 2.82. The normalized spacial score (nSPS) is 13.7. The van der Waals surface area contributed by atoms with E-state index in [1.165, 1.54) is 13.0 Å². The van der Waals surface area contributed by atoms with Gasteiger partial charge in [-0.15, -0.1) is 0 Å². The number of halogens is 2. The smallest absolute Gasteiger partial charge is 0.315 e. The van der Waals surface area contributed by atoms with Crippen LogP contribution in [0.3, 0.4) is 0 Å². The summed E-state index contributed by atoms with van der Waals surface area (Å²) >= 11 is 0. The molecule has 0 aliphatic carbocycles. The molecule has 1 aliphatic rings. The lowest BCUT2D eigenvalue weighted by atomic mass is 10.1. The fraction of sp³-hybridized carbons (Fsp3) is 0.333. The van der Waals surface area contributed by atoms with Crippen LogP contribution in [-0.4, -0.2) is 24.8 Å². The van der Waals surface area contributed by atoms with Crippen molar-refractivity contribution in [2.75, 3.05) is 16.8 Å². The van der Waals surface area contributed by atoms with Gasteiger partial charge in [0.05, 0.1) is 0 Å². The first-order chi connectivity index (χ1) is 8.49. The molecular weight excluding hydrogens is 242 g/mol. The van der Waals surface area contributed by atoms with Crippen molar-refractivity contribution in [1.82, 2.24) is 0 Å². The molecule has 0 aromatic heterocycles. The highest BCUT2D eigenvalue weighted by Gasteiger charge is 2.23. The Labute approximate surface area is 103 Å². The molecule has 96 valence electrons. The third kappa shape index (κ3) is 2.32. The maximum Gasteiger partial charge on any atom is 0.315 e. The third-order valence-electron chi connectivity index (χ3n) is 2.82. The molecule has 0 saturated heterocycles. The number of nitrogens with zero attached hydrogens (tertiary/aromatic N) is 1. The summed E-state index contributed by atoms with van der Waals surface area (Å²) in [6.45, 7) is 2.05. The number of alkyl halides is 2. The number of hydrogen-bond acceptors (Lipinski definition) is 2. The zero-order valence-electron chi connectivity index (χ0n) is 9.74. The highest BCUT2D eigenvalue weighted by atomic mass is 19.3. The van der Waals surface area contributed by atoms with E-state index in [0.29, 0.717) is 18.7 Å². The topological polar surface area (TPSA) is 49.4 Å². The van der Waals surface area contributed by atoms with E-state index in [1.54, 1.807) is 17.0 Å². The molecule has 1 heterocycles. The van der Waals surface area contributed by atoms with Gasteiger partial charge in [0.1, 0.15) is 0 Å². The van der Waals surface area contributed by atoms with Crippen LogP contribution in [0, 0.1) is 0 Å². The summed E-state index contributed by atoms with van der Waals surface area (Å²) in [4.78, 5) is 23.8. The molecule has 2 rings (SSSR count). The summed E-state index contributed by atoms with van der Waals surface area (Å²) in [5.41, 5.74) is 1.97. The molecule has 2 amide bonds. The van der Waals surface area contributed by atoms with Crippen molar-refractivity contribution in [3.05, 3.63) is 23.8 Å². The molecular formula is C12H12F2N2O2. The number of nitrogens with one attached hydrogen (secondary N) is 1. The zero-order valence-corrected chi connectivity index (χ0v) is 9.74. The van der Waals surface area contributed by atoms with Crippen molar-refractivity contribution in [2.24, 2.45) is 0 Å². The van der Waals surface area contributed by atoms with Gasteiger partial charge in [-0.3, -0.25) is 9.59 Å². The van der Waals surface area contributed by atoms with Gasteiger partial charge >= 0.3 is 6.43 Å². The average molecular weight is 254 g/mol. The van der Waals surface area contributed by atoms with Crippen molar-refractivity contribution in [3.63, 3.8) is 0 Å². The van der Waals surface area contributed by atoms with Crippen LogP contribution in [-0.2, 0) is 16.0 Å². The van der Waals surface area contributed by atoms with Crippen molar-refractivity contribution in [2.45, 2.75) is 19.8 Å². The van der Waals surface area contributed by atoms with E-state index >= 15 is 0 Å². The SMILES string of the molecule is CC(=O)N1CCc2cc(NC(=O)C(F)F)ccc21. The van der Waals surface area contributed by atoms with Crippen molar-refractivity contribution < 1.29 is 18.4 Å². The summed E-state index contributed by atoms with van der Waals surface area (Å²) in [5, 5.41) is 2.12. The highest BCUT2D eigenvalue weighted by Crippen LogP contribution is 2.30. The van der Waals surface area contributed by atoms with Gasteiger partial charge < -0.3 is 10.2 Å². The van der Waals surface area contributed by atoms with Gasteiger partial charge in [0.15, 0.2) is 0 Å². The van der Waals surface area contributed by atoms with E-state index in [4.69, 9.17) is 0 Å². The average Bonchev–Trinajstić information content (AvgIpc) is 2.71. The lowest BCUT2D eigenvalue weighted by molar-refractivity contribution is -0.126. The summed E-state index contributed by atoms with van der Waals surface area (Å²) in [6.07, 6.45) is -2.38. The van der Waals surface area contributed by atoms with Gasteiger partial charge in [0.2, 0.25) is 5.91 Å². The lowest BCUT2D eigenvalue weighted by Crippen LogP contribution is -2.25. The molecule has 0 atom stereocenters. The fourth-order valence-electron chi connectivity index (χ4n) is 2.00. The summed E-state index contributed by atoms with van der Waals surface area (Å²) < 4.78 is 24.2. The predicted molar refractivity (Wildman–Crippen MR) is 62.8 cm³/mol. The van der Waals surface area contributed by atoms with Crippen LogP contribution in [0.1, 0.15) is 12.5 Å². The van der Waals surface area contributed by atoms with E-state index < -0.39 is 12.3 Å². The minimum atomic E-state index is -3.04. The Balaban J connectivity index is 2.20. The second kappa shape index (κ2) is 4.72. The van der Waals surface area contributed by atoms with Crippen LogP contribution >= 0.6 is 0 Å². The van der Waals surface area contributed by atoms with Crippen LogP contribution in [0.15, 0.2) is 18.2 Å². The second-order valence-corrected chi connectivity index (χ2v) is 4.05. The number of carbonyl (C=O) groups excluding carboxylic acids is 2. The monoisotopic (exact) mass is 254 g/mol. The number of rotatable bonds is 2. The Kier molecular flexibility index (Phi) is 3.27. The molecule has 1 N–H and O–H groups in total. The number of anilines is 2. The molecule has 6 heteroatoms. The van der Waals surface area contributed by atoms with Crippen molar-refractivity contribution in [3.8, 4) is 0 Å². The lowest BCUT2D eigenvalue weighted by Gasteiger charge is -2.15. The molecule has 18 heavy (non-hydrogen) atoms. The number of amides is 2. The van der Waals surface area contributed by atoms with Crippen LogP contribution < -0.4 is 10.2 Å². The van der Waals surface area contributed by atoms with Crippen LogP contribution in [0.2, 0.25) is 0 Å². The summed E-state index contributed by atoms with van der Waals surface area (Å²) in [6, 6.07) is 4.80. The minimum absolute atomic E-state index is 0.0573. The van der Waals surface area contributed by atoms with E-state index in [9.17, 15) is 18.4 Å². The second-order valence-electron chi connectivity index (χ2n) is 4.05. The number of carbonyl (C=O) groups is 2. The Morgan fingerprint density at radius 2 is 2.11 bits per heavy atom. The predicted octanol–water partition coefficient (Wildman–Crippen LogP) is 1.80. The molecule has 0 unspecified atom stereocenters. The van der Waals surface area contributed by atoms with E-state index in [-0.39, 0.29) is 5.91 Å². The Hall–Kier alpha value is -1.98. The van der Waals surface area contributed by atoms with Crippen molar-refractivity contribution >= 4 is 23.2 Å². The van der Waals surface area contributed by atoms with Gasteiger partial charge in [0.25, 0.3) is 5.91 Å². The molecule has 1 aromatic rings. The van der Waals surface area contributed by atoms with E-state index in [1.807, 2.05) is 0 Å². The van der Waals surface area contributed by atoms with E-state index in [2.05, 4.69) is 5.32 Å². The molecule has 0 spiro atoms. The number of benzene rings is 1. The van der Waals surface area contributed by atoms with Crippen LogP contribution in [0.25, 0.3) is 0 Å². The van der Waals surface area contributed by atoms with Crippen molar-refractivity contribution in [1.29, 1.82) is 0 Å². The molecule has 0 bridgehead atoms. The van der Waals surface area contributed by atoms with Gasteiger partial charge in [-0.2, -0.15) is 8.78 Å². The zero-order chi connectivity index (χ0) is 13.3. The summed E-state index contributed by atoms with van der Waals surface area (Å²) in [5.74, 6) is -1.38. The fourth-order valence-corrected chi connectivity index (χ4v) is 2.00. The first-order valence-electron chi connectivity index (χ1n) is 5.49. The van der Waals surface area contributed by atoms with E-state index in [0.717, 1.165) is 11.3 Å². The maximum atomic E-state index is 12.1. The van der Waals surface area contributed by atoms with Crippen LogP contribution in [0.5, 0.6) is 0 Å². The first kappa shape index (κ1) is 12.5.